The van der Waals surface area contributed by atoms with Crippen LogP contribution in [0.2, 0.25) is 0 Å². The van der Waals surface area contributed by atoms with E-state index in [1.54, 1.807) is 16.8 Å². The molecular weight excluding hydrogens is 392 g/mol. The van der Waals surface area contributed by atoms with Crippen molar-refractivity contribution in [3.8, 4) is 0 Å². The summed E-state index contributed by atoms with van der Waals surface area (Å²) in [5, 5.41) is 13.9. The molecule has 0 spiro atoms. The number of rotatable bonds is 7. The van der Waals surface area contributed by atoms with Gasteiger partial charge < -0.3 is 10.6 Å². The van der Waals surface area contributed by atoms with Crippen LogP contribution in [0.4, 0.5) is 11.6 Å². The molecule has 0 radical (unpaired) electrons. The monoisotopic (exact) mass is 416 g/mol. The zero-order valence-electron chi connectivity index (χ0n) is 17.3. The number of amides is 2. The lowest BCUT2D eigenvalue weighted by molar-refractivity contribution is -0.124. The van der Waals surface area contributed by atoms with E-state index < -0.39 is 0 Å². The van der Waals surface area contributed by atoms with Gasteiger partial charge in [0.25, 0.3) is 5.91 Å². The molecule has 8 heteroatoms. The van der Waals surface area contributed by atoms with E-state index in [1.165, 1.54) is 5.56 Å². The number of nitrogens with zero attached hydrogens (tertiary/aromatic N) is 3. The summed E-state index contributed by atoms with van der Waals surface area (Å²) in [7, 11) is 0. The van der Waals surface area contributed by atoms with Gasteiger partial charge in [-0.15, -0.1) is 0 Å². The second kappa shape index (κ2) is 7.86. The van der Waals surface area contributed by atoms with Gasteiger partial charge in [-0.3, -0.25) is 14.9 Å². The number of carbonyl (C=O) groups excluding carboxylic acids is 2. The van der Waals surface area contributed by atoms with Crippen molar-refractivity contribution in [2.45, 2.75) is 44.7 Å². The van der Waals surface area contributed by atoms with Gasteiger partial charge in [0.15, 0.2) is 5.65 Å². The highest BCUT2D eigenvalue weighted by Gasteiger charge is 2.26. The SMILES string of the molecule is CCC(Nc1cc(NC2CC2)n2ncc(/C=C3\CC(=O)NC3=O)c2n1)c1ccccc1. The van der Waals surface area contributed by atoms with Gasteiger partial charge in [-0.1, -0.05) is 37.3 Å². The van der Waals surface area contributed by atoms with E-state index in [1.807, 2.05) is 24.3 Å². The Balaban J connectivity index is 1.54. The minimum absolute atomic E-state index is 0.0766. The first kappa shape index (κ1) is 19.3. The average Bonchev–Trinajstić information content (AvgIpc) is 3.41. The van der Waals surface area contributed by atoms with Crippen molar-refractivity contribution >= 4 is 35.2 Å². The molecule has 1 atom stereocenters. The predicted octanol–water partition coefficient (Wildman–Crippen LogP) is 3.30. The number of anilines is 2. The fourth-order valence-corrected chi connectivity index (χ4v) is 3.79. The predicted molar refractivity (Wildman–Crippen MR) is 118 cm³/mol. The van der Waals surface area contributed by atoms with Crippen LogP contribution in [0, 0.1) is 0 Å². The number of fused-ring (bicyclic) bond motifs is 1. The molecule has 2 fully saturated rings. The number of benzene rings is 1. The Labute approximate surface area is 179 Å². The molecule has 1 saturated carbocycles. The zero-order valence-corrected chi connectivity index (χ0v) is 17.3. The first-order chi connectivity index (χ1) is 15.1. The molecule has 1 aliphatic carbocycles. The number of hydrogen-bond donors (Lipinski definition) is 3. The third-order valence-corrected chi connectivity index (χ3v) is 5.59. The molecule has 1 unspecified atom stereocenters. The van der Waals surface area contributed by atoms with Crippen LogP contribution < -0.4 is 16.0 Å². The quantitative estimate of drug-likeness (QED) is 0.404. The largest absolute Gasteiger partial charge is 0.367 e. The normalized spacial score (nSPS) is 18.4. The number of nitrogens with one attached hydrogen (secondary N) is 3. The molecule has 31 heavy (non-hydrogen) atoms. The molecule has 1 aliphatic heterocycles. The Kier molecular flexibility index (Phi) is 4.89. The van der Waals surface area contributed by atoms with Crippen molar-refractivity contribution < 1.29 is 9.59 Å². The minimum atomic E-state index is -0.356. The van der Waals surface area contributed by atoms with E-state index in [0.29, 0.717) is 22.8 Å². The summed E-state index contributed by atoms with van der Waals surface area (Å²) in [6.45, 7) is 2.14. The van der Waals surface area contributed by atoms with E-state index in [9.17, 15) is 9.59 Å². The Morgan fingerprint density at radius 2 is 2.06 bits per heavy atom. The summed E-state index contributed by atoms with van der Waals surface area (Å²) in [6.07, 6.45) is 6.63. The van der Waals surface area contributed by atoms with Crippen molar-refractivity contribution in [3.63, 3.8) is 0 Å². The Hall–Kier alpha value is -3.68. The van der Waals surface area contributed by atoms with Gasteiger partial charge in [-0.05, 0) is 30.9 Å². The average molecular weight is 416 g/mol. The van der Waals surface area contributed by atoms with Crippen LogP contribution in [-0.2, 0) is 9.59 Å². The van der Waals surface area contributed by atoms with Crippen molar-refractivity contribution in [2.75, 3.05) is 10.6 Å². The van der Waals surface area contributed by atoms with Crippen LogP contribution in [0.3, 0.4) is 0 Å². The van der Waals surface area contributed by atoms with Crippen LogP contribution >= 0.6 is 0 Å². The van der Waals surface area contributed by atoms with Gasteiger partial charge in [0.05, 0.1) is 18.7 Å². The van der Waals surface area contributed by atoms with Crippen LogP contribution in [0.5, 0.6) is 0 Å². The van der Waals surface area contributed by atoms with Gasteiger partial charge in [0.1, 0.15) is 11.6 Å². The number of carbonyl (C=O) groups is 2. The van der Waals surface area contributed by atoms with Crippen LogP contribution in [-0.4, -0.2) is 32.5 Å². The van der Waals surface area contributed by atoms with E-state index in [0.717, 1.165) is 30.9 Å². The fourth-order valence-electron chi connectivity index (χ4n) is 3.79. The van der Waals surface area contributed by atoms with E-state index in [2.05, 4.69) is 40.1 Å². The van der Waals surface area contributed by atoms with Crippen LogP contribution in [0.15, 0.2) is 48.2 Å². The highest BCUT2D eigenvalue weighted by Crippen LogP contribution is 2.29. The van der Waals surface area contributed by atoms with Crippen molar-refractivity contribution in [1.82, 2.24) is 19.9 Å². The topological polar surface area (TPSA) is 100 Å². The van der Waals surface area contributed by atoms with Gasteiger partial charge >= 0.3 is 0 Å². The van der Waals surface area contributed by atoms with Crippen LogP contribution in [0.1, 0.15) is 49.8 Å². The van der Waals surface area contributed by atoms with Crippen molar-refractivity contribution in [1.29, 1.82) is 0 Å². The first-order valence-electron chi connectivity index (χ1n) is 10.6. The zero-order chi connectivity index (χ0) is 21.4. The summed E-state index contributed by atoms with van der Waals surface area (Å²) in [4.78, 5) is 28.4. The second-order valence-electron chi connectivity index (χ2n) is 8.02. The number of aromatic nitrogens is 3. The summed E-state index contributed by atoms with van der Waals surface area (Å²) in [5.41, 5.74) is 2.96. The molecule has 158 valence electrons. The van der Waals surface area contributed by atoms with E-state index in [4.69, 9.17) is 4.98 Å². The molecule has 0 bridgehead atoms. The maximum atomic E-state index is 12.0. The number of imide groups is 1. The molecule has 2 amide bonds. The molecule has 2 aliphatic rings. The number of hydrogen-bond acceptors (Lipinski definition) is 6. The summed E-state index contributed by atoms with van der Waals surface area (Å²) in [6, 6.07) is 12.8. The maximum Gasteiger partial charge on any atom is 0.254 e. The highest BCUT2D eigenvalue weighted by atomic mass is 16.2. The lowest BCUT2D eigenvalue weighted by Gasteiger charge is -2.19. The lowest BCUT2D eigenvalue weighted by Crippen LogP contribution is -2.19. The van der Waals surface area contributed by atoms with Crippen LogP contribution in [0.25, 0.3) is 11.7 Å². The van der Waals surface area contributed by atoms with Crippen molar-refractivity contribution in [2.24, 2.45) is 0 Å². The first-order valence-corrected chi connectivity index (χ1v) is 10.6. The van der Waals surface area contributed by atoms with E-state index in [-0.39, 0.29) is 24.3 Å². The summed E-state index contributed by atoms with van der Waals surface area (Å²) in [5.74, 6) is 0.950. The lowest BCUT2D eigenvalue weighted by atomic mass is 10.0. The highest BCUT2D eigenvalue weighted by molar-refractivity contribution is 6.15. The Morgan fingerprint density at radius 3 is 2.74 bits per heavy atom. The fraction of sp³-hybridized carbons (Fsp3) is 0.304. The molecule has 2 aromatic heterocycles. The molecular formula is C23H24N6O2. The summed E-state index contributed by atoms with van der Waals surface area (Å²) >= 11 is 0. The molecule has 8 nitrogen and oxygen atoms in total. The molecule has 1 aromatic carbocycles. The molecule has 3 N–H and O–H groups in total. The van der Waals surface area contributed by atoms with Gasteiger partial charge in [0, 0.05) is 23.2 Å². The Morgan fingerprint density at radius 1 is 1.26 bits per heavy atom. The molecule has 1 saturated heterocycles. The minimum Gasteiger partial charge on any atom is -0.367 e. The smallest absolute Gasteiger partial charge is 0.254 e. The molecule has 3 heterocycles. The Bertz CT molecular complexity index is 1180. The molecule has 3 aromatic rings. The molecule has 5 rings (SSSR count). The van der Waals surface area contributed by atoms with Gasteiger partial charge in [-0.2, -0.15) is 9.61 Å². The maximum absolute atomic E-state index is 12.0. The summed E-state index contributed by atoms with van der Waals surface area (Å²) < 4.78 is 1.76. The van der Waals surface area contributed by atoms with Gasteiger partial charge in [-0.25, -0.2) is 4.98 Å². The van der Waals surface area contributed by atoms with Crippen molar-refractivity contribution in [3.05, 3.63) is 59.3 Å². The van der Waals surface area contributed by atoms with E-state index >= 15 is 0 Å². The standard InChI is InChI=1S/C23H24N6O2/c1-2-18(14-6-4-3-5-7-14)26-19-12-20(25-17-8-9-17)29-22(27-19)16(13-24-29)10-15-11-21(30)28-23(15)31/h3-7,10,12-13,17-18,25H,2,8-9,11H2,1H3,(H,26,27)(H,28,30,31)/b15-10+. The third kappa shape index (κ3) is 4.01. The van der Waals surface area contributed by atoms with Gasteiger partial charge in [0.2, 0.25) is 5.91 Å². The third-order valence-electron chi connectivity index (χ3n) is 5.59. The second-order valence-corrected chi connectivity index (χ2v) is 8.02.